The largest absolute Gasteiger partial charge is 0.497 e. The topological polar surface area (TPSA) is 151 Å². The first-order valence-electron chi connectivity index (χ1n) is 14.9. The quantitative estimate of drug-likeness (QED) is 0.224. The van der Waals surface area contributed by atoms with E-state index >= 15 is 0 Å². The molecule has 2 aromatic carbocycles. The third-order valence-corrected chi connectivity index (χ3v) is 8.03. The van der Waals surface area contributed by atoms with Crippen LogP contribution in [0.3, 0.4) is 0 Å². The lowest BCUT2D eigenvalue weighted by Crippen LogP contribution is -2.51. The molecule has 5 heterocycles. The van der Waals surface area contributed by atoms with Crippen LogP contribution in [0, 0.1) is 0 Å². The maximum atomic E-state index is 14.4. The number of hydrogen-bond donors (Lipinski definition) is 1. The lowest BCUT2D eigenvalue weighted by atomic mass is 10.0. The zero-order valence-electron chi connectivity index (χ0n) is 25.4. The first-order chi connectivity index (χ1) is 22.5. The molecule has 0 radical (unpaired) electrons. The molecular weight excluding hydrogens is 590 g/mol. The highest BCUT2D eigenvalue weighted by molar-refractivity contribution is 5.92. The molecule has 4 aromatic heterocycles. The van der Waals surface area contributed by atoms with Gasteiger partial charge in [-0.25, -0.2) is 9.67 Å². The van der Waals surface area contributed by atoms with Crippen LogP contribution in [0.2, 0.25) is 0 Å². The van der Waals surface area contributed by atoms with E-state index in [2.05, 4.69) is 25.1 Å². The van der Waals surface area contributed by atoms with Gasteiger partial charge in [0.2, 0.25) is 11.8 Å². The molecule has 1 atom stereocenters. The number of benzene rings is 2. The molecule has 1 saturated heterocycles. The molecule has 7 rings (SSSR count). The summed E-state index contributed by atoms with van der Waals surface area (Å²) in [4.78, 5) is 27.9. The molecule has 0 aliphatic carbocycles. The van der Waals surface area contributed by atoms with Crippen molar-refractivity contribution in [3.8, 4) is 23.1 Å². The van der Waals surface area contributed by atoms with E-state index in [1.165, 1.54) is 4.52 Å². The van der Waals surface area contributed by atoms with E-state index in [4.69, 9.17) is 24.4 Å². The molecule has 1 fully saturated rings. The van der Waals surface area contributed by atoms with Gasteiger partial charge in [-0.2, -0.15) is 14.6 Å². The van der Waals surface area contributed by atoms with Crippen molar-refractivity contribution in [2.45, 2.75) is 6.04 Å². The van der Waals surface area contributed by atoms with Gasteiger partial charge in [-0.1, -0.05) is 12.1 Å². The van der Waals surface area contributed by atoms with Crippen LogP contribution in [0.15, 0.2) is 77.5 Å². The van der Waals surface area contributed by atoms with Crippen molar-refractivity contribution < 1.29 is 23.4 Å². The van der Waals surface area contributed by atoms with Crippen LogP contribution in [0.1, 0.15) is 11.6 Å². The van der Waals surface area contributed by atoms with Crippen molar-refractivity contribution in [2.75, 3.05) is 64.2 Å². The Bertz CT molecular complexity index is 1960. The van der Waals surface area contributed by atoms with Crippen molar-refractivity contribution in [2.24, 2.45) is 0 Å². The number of carbonyl (C=O) groups excluding carboxylic acids is 1. The Balaban J connectivity index is 1.18. The molecule has 6 aromatic rings. The summed E-state index contributed by atoms with van der Waals surface area (Å²) >= 11 is 0. The van der Waals surface area contributed by atoms with Gasteiger partial charge in [0.1, 0.15) is 18.1 Å². The Morgan fingerprint density at radius 3 is 2.52 bits per heavy atom. The number of anilines is 2. The van der Waals surface area contributed by atoms with E-state index < -0.39 is 6.04 Å². The Kier molecular flexibility index (Phi) is 7.84. The fourth-order valence-electron chi connectivity index (χ4n) is 5.68. The summed E-state index contributed by atoms with van der Waals surface area (Å²) in [5.41, 5.74) is 9.02. The molecule has 46 heavy (non-hydrogen) atoms. The van der Waals surface area contributed by atoms with Crippen molar-refractivity contribution >= 4 is 34.2 Å². The highest BCUT2D eigenvalue weighted by Crippen LogP contribution is 2.31. The van der Waals surface area contributed by atoms with Gasteiger partial charge in [0.25, 0.3) is 5.91 Å². The number of nitrogens with zero attached hydrogens (tertiary/aromatic N) is 8. The third-order valence-electron chi connectivity index (χ3n) is 8.03. The number of nitrogens with two attached hydrogens (primary N) is 1. The maximum absolute atomic E-state index is 14.4. The molecule has 1 unspecified atom stereocenters. The standard InChI is InChI=1S/C32H33N9O5/c1-43-17-18-45-23-10-8-22(9-11-23)38-12-14-39(15-13-38)31(42)27(21-5-3-6-24(19-21)44-2)40-30-25(20-34-40)29-35-28(26-7-4-16-46-26)37-41(29)32(33)36-30/h3-11,16,19-20,27H,12-15,17-18H2,1-2H3,(H2,33,36). The van der Waals surface area contributed by atoms with Gasteiger partial charge in [-0.05, 0) is 54.1 Å². The Hall–Kier alpha value is -5.63. The smallest absolute Gasteiger partial charge is 0.252 e. The summed E-state index contributed by atoms with van der Waals surface area (Å²) in [6, 6.07) is 18.1. The van der Waals surface area contributed by atoms with E-state index in [0.717, 1.165) is 11.4 Å². The van der Waals surface area contributed by atoms with Crippen LogP contribution in [-0.2, 0) is 9.53 Å². The first-order valence-corrected chi connectivity index (χ1v) is 14.9. The van der Waals surface area contributed by atoms with Crippen molar-refractivity contribution in [3.05, 3.63) is 78.7 Å². The number of fused-ring (bicyclic) bond motifs is 3. The molecule has 1 amide bonds. The Morgan fingerprint density at radius 2 is 1.78 bits per heavy atom. The second kappa shape index (κ2) is 12.4. The molecule has 0 bridgehead atoms. The molecule has 14 nitrogen and oxygen atoms in total. The van der Waals surface area contributed by atoms with Crippen molar-refractivity contribution in [1.82, 2.24) is 34.3 Å². The number of methoxy groups -OCH3 is 2. The third kappa shape index (κ3) is 5.43. The summed E-state index contributed by atoms with van der Waals surface area (Å²) in [6.07, 6.45) is 3.19. The van der Waals surface area contributed by atoms with Crippen molar-refractivity contribution in [3.63, 3.8) is 0 Å². The predicted octanol–water partition coefficient (Wildman–Crippen LogP) is 3.29. The van der Waals surface area contributed by atoms with Gasteiger partial charge in [0.05, 0.1) is 31.6 Å². The number of ether oxygens (including phenoxy) is 3. The zero-order chi connectivity index (χ0) is 31.6. The summed E-state index contributed by atoms with van der Waals surface area (Å²) in [6.45, 7) is 3.42. The lowest BCUT2D eigenvalue weighted by molar-refractivity contribution is -0.134. The number of amides is 1. The number of rotatable bonds is 10. The molecule has 236 valence electrons. The van der Waals surface area contributed by atoms with E-state index in [9.17, 15) is 4.79 Å². The van der Waals surface area contributed by atoms with Gasteiger partial charge in [-0.3, -0.25) is 4.79 Å². The minimum atomic E-state index is -0.829. The van der Waals surface area contributed by atoms with E-state index in [0.29, 0.717) is 79.0 Å². The van der Waals surface area contributed by atoms with Crippen molar-refractivity contribution in [1.29, 1.82) is 0 Å². The fourth-order valence-corrected chi connectivity index (χ4v) is 5.68. The van der Waals surface area contributed by atoms with Gasteiger partial charge in [0, 0.05) is 39.0 Å². The minimum Gasteiger partial charge on any atom is -0.497 e. The zero-order valence-corrected chi connectivity index (χ0v) is 25.4. The van der Waals surface area contributed by atoms with Gasteiger partial charge >= 0.3 is 0 Å². The summed E-state index contributed by atoms with van der Waals surface area (Å²) in [5, 5.41) is 9.76. The minimum absolute atomic E-state index is 0.107. The maximum Gasteiger partial charge on any atom is 0.252 e. The second-order valence-corrected chi connectivity index (χ2v) is 10.8. The highest BCUT2D eigenvalue weighted by Gasteiger charge is 2.33. The predicted molar refractivity (Wildman–Crippen MR) is 170 cm³/mol. The van der Waals surface area contributed by atoms with Crippen LogP contribution in [0.25, 0.3) is 28.3 Å². The fraction of sp³-hybridized carbons (Fsp3) is 0.281. The van der Waals surface area contributed by atoms with Gasteiger partial charge in [-0.15, -0.1) is 5.10 Å². The average molecular weight is 624 g/mol. The van der Waals surface area contributed by atoms with E-state index in [1.54, 1.807) is 43.5 Å². The van der Waals surface area contributed by atoms with Crippen LogP contribution >= 0.6 is 0 Å². The number of carbonyl (C=O) groups is 1. The highest BCUT2D eigenvalue weighted by atomic mass is 16.5. The van der Waals surface area contributed by atoms with Crippen LogP contribution in [0.5, 0.6) is 11.5 Å². The number of piperazine rings is 1. The first kappa shape index (κ1) is 29.1. The number of furan rings is 1. The molecule has 1 aliphatic heterocycles. The van der Waals surface area contributed by atoms with Gasteiger partial charge in [0.15, 0.2) is 23.1 Å². The second-order valence-electron chi connectivity index (χ2n) is 10.8. The van der Waals surface area contributed by atoms with E-state index in [1.807, 2.05) is 53.4 Å². The number of hydrogen-bond acceptors (Lipinski definition) is 11. The van der Waals surface area contributed by atoms with Crippen LogP contribution < -0.4 is 20.1 Å². The molecule has 14 heteroatoms. The SMILES string of the molecule is COCCOc1ccc(N2CCN(C(=O)C(c3cccc(OC)c3)n3ncc4c3nc(N)n3nc(-c5ccco5)nc43)CC2)cc1. The average Bonchev–Trinajstić information content (AvgIpc) is 3.87. The Morgan fingerprint density at radius 1 is 0.957 bits per heavy atom. The lowest BCUT2D eigenvalue weighted by Gasteiger charge is -2.37. The number of nitrogen functional groups attached to an aromatic ring is 1. The summed E-state index contributed by atoms with van der Waals surface area (Å²) < 4.78 is 24.8. The molecular formula is C32H33N9O5. The summed E-state index contributed by atoms with van der Waals surface area (Å²) in [5.74, 6) is 2.27. The van der Waals surface area contributed by atoms with Crippen LogP contribution in [-0.4, -0.2) is 93.8 Å². The van der Waals surface area contributed by atoms with Crippen LogP contribution in [0.4, 0.5) is 11.6 Å². The Labute approximate surface area is 263 Å². The molecule has 1 aliphatic rings. The summed E-state index contributed by atoms with van der Waals surface area (Å²) in [7, 11) is 3.24. The van der Waals surface area contributed by atoms with Gasteiger partial charge < -0.3 is 34.2 Å². The monoisotopic (exact) mass is 623 g/mol. The molecule has 0 saturated carbocycles. The van der Waals surface area contributed by atoms with E-state index in [-0.39, 0.29) is 11.9 Å². The normalized spacial score (nSPS) is 14.2. The molecule has 0 spiro atoms. The molecule has 2 N–H and O–H groups in total. The number of aromatic nitrogens is 6.